The van der Waals surface area contributed by atoms with Crippen molar-refractivity contribution in [2.24, 2.45) is 0 Å². The summed E-state index contributed by atoms with van der Waals surface area (Å²) >= 11 is 0. The van der Waals surface area contributed by atoms with Crippen molar-refractivity contribution >= 4 is 40.4 Å². The Kier molecular flexibility index (Phi) is 6.60. The van der Waals surface area contributed by atoms with Crippen molar-refractivity contribution in [3.8, 4) is 0 Å². The topological polar surface area (TPSA) is 74.8 Å². The zero-order valence-corrected chi connectivity index (χ0v) is 18.6. The molecule has 4 rings (SSSR count). The largest absolute Gasteiger partial charge is 0.322 e. The molecule has 1 amide bonds. The number of nitrogens with one attached hydrogen (secondary N) is 2. The van der Waals surface area contributed by atoms with E-state index in [-0.39, 0.29) is 11.7 Å². The maximum absolute atomic E-state index is 13.1. The van der Waals surface area contributed by atoms with E-state index in [0.717, 1.165) is 28.6 Å². The second-order valence-electron chi connectivity index (χ2n) is 7.77. The minimum atomic E-state index is -0.170. The first-order valence-corrected chi connectivity index (χ1v) is 10.9. The van der Waals surface area contributed by atoms with E-state index in [4.69, 9.17) is 0 Å². The summed E-state index contributed by atoms with van der Waals surface area (Å²) in [5, 5.41) is 11.2. The van der Waals surface area contributed by atoms with Gasteiger partial charge in [-0.05, 0) is 49.2 Å². The maximum Gasteiger partial charge on any atom is 0.250 e. The molecule has 1 aromatic heterocycles. The molecule has 0 aliphatic heterocycles. The maximum atomic E-state index is 13.1. The van der Waals surface area contributed by atoms with Crippen LogP contribution in [-0.2, 0) is 4.79 Å². The molecular formula is C28H25N3O2. The molecule has 5 nitrogen and oxygen atoms in total. The summed E-state index contributed by atoms with van der Waals surface area (Å²) in [5.74, 6) is -0.291. The van der Waals surface area contributed by atoms with Gasteiger partial charge in [-0.15, -0.1) is 0 Å². The third kappa shape index (κ3) is 5.15. The molecule has 3 aromatic carbocycles. The molecule has 4 aromatic rings. The van der Waals surface area contributed by atoms with Crippen LogP contribution in [-0.4, -0.2) is 21.9 Å². The first-order valence-electron chi connectivity index (χ1n) is 10.9. The number of H-pyrrole nitrogens is 1. The summed E-state index contributed by atoms with van der Waals surface area (Å²) < 4.78 is 0. The van der Waals surface area contributed by atoms with E-state index >= 15 is 0 Å². The number of hydrogen-bond donors (Lipinski definition) is 2. The molecule has 0 saturated heterocycles. The van der Waals surface area contributed by atoms with Gasteiger partial charge in [-0.25, -0.2) is 0 Å². The molecule has 33 heavy (non-hydrogen) atoms. The van der Waals surface area contributed by atoms with E-state index in [1.807, 2.05) is 67.6 Å². The highest BCUT2D eigenvalue weighted by Gasteiger charge is 2.13. The number of hydrogen-bond acceptors (Lipinski definition) is 3. The molecule has 0 atom stereocenters. The Morgan fingerprint density at radius 1 is 0.939 bits per heavy atom. The number of carbonyl (C=O) groups is 2. The Hall–Kier alpha value is -4.25. The van der Waals surface area contributed by atoms with Gasteiger partial charge in [-0.1, -0.05) is 67.6 Å². The molecule has 164 valence electrons. The van der Waals surface area contributed by atoms with Crippen LogP contribution in [0.3, 0.4) is 0 Å². The average Bonchev–Trinajstić information content (AvgIpc) is 3.25. The van der Waals surface area contributed by atoms with Crippen LogP contribution in [0.15, 0.2) is 84.4 Å². The van der Waals surface area contributed by atoms with E-state index in [9.17, 15) is 9.59 Å². The number of carbonyl (C=O) groups excluding carboxylic acids is 2. The number of amides is 1. The van der Waals surface area contributed by atoms with Crippen molar-refractivity contribution < 1.29 is 9.59 Å². The second-order valence-corrected chi connectivity index (χ2v) is 7.77. The van der Waals surface area contributed by atoms with Crippen LogP contribution < -0.4 is 5.32 Å². The molecule has 0 bridgehead atoms. The highest BCUT2D eigenvalue weighted by molar-refractivity contribution is 6.12. The predicted octanol–water partition coefficient (Wildman–Crippen LogP) is 6.26. The van der Waals surface area contributed by atoms with E-state index in [1.165, 1.54) is 0 Å². The molecule has 1 heterocycles. The molecule has 0 fully saturated rings. The fourth-order valence-corrected chi connectivity index (χ4v) is 3.58. The number of aromatic nitrogens is 2. The van der Waals surface area contributed by atoms with Crippen LogP contribution in [0.25, 0.3) is 23.1 Å². The van der Waals surface area contributed by atoms with Crippen LogP contribution in [0.4, 0.5) is 5.69 Å². The van der Waals surface area contributed by atoms with Crippen LogP contribution in [0, 0.1) is 0 Å². The van der Waals surface area contributed by atoms with Gasteiger partial charge in [0.25, 0.3) is 5.91 Å². The highest BCUT2D eigenvalue weighted by atomic mass is 16.1. The number of anilines is 1. The second kappa shape index (κ2) is 9.92. The zero-order valence-electron chi connectivity index (χ0n) is 18.6. The van der Waals surface area contributed by atoms with Crippen molar-refractivity contribution in [2.45, 2.75) is 20.3 Å². The Bertz CT molecular complexity index is 1360. The van der Waals surface area contributed by atoms with Crippen molar-refractivity contribution in [2.75, 3.05) is 5.32 Å². The van der Waals surface area contributed by atoms with Gasteiger partial charge in [0.15, 0.2) is 5.78 Å². The number of ketones is 1. The summed E-state index contributed by atoms with van der Waals surface area (Å²) in [6.07, 6.45) is 6.62. The third-order valence-electron chi connectivity index (χ3n) is 5.34. The highest BCUT2D eigenvalue weighted by Crippen LogP contribution is 2.22. The summed E-state index contributed by atoms with van der Waals surface area (Å²) in [6, 6.07) is 22.5. The molecule has 0 aliphatic carbocycles. The van der Waals surface area contributed by atoms with Gasteiger partial charge in [0.05, 0.1) is 11.2 Å². The van der Waals surface area contributed by atoms with Gasteiger partial charge in [0.2, 0.25) is 0 Å². The van der Waals surface area contributed by atoms with E-state index in [2.05, 4.69) is 15.5 Å². The summed E-state index contributed by atoms with van der Waals surface area (Å²) in [7, 11) is 0. The van der Waals surface area contributed by atoms with Gasteiger partial charge in [0, 0.05) is 27.8 Å². The quantitative estimate of drug-likeness (QED) is 0.266. The predicted molar refractivity (Wildman–Crippen MR) is 134 cm³/mol. The molecule has 5 heteroatoms. The third-order valence-corrected chi connectivity index (χ3v) is 5.34. The lowest BCUT2D eigenvalue weighted by molar-refractivity contribution is -0.112. The Labute approximate surface area is 192 Å². The van der Waals surface area contributed by atoms with Crippen LogP contribution in [0.1, 0.15) is 47.4 Å². The monoisotopic (exact) mass is 435 g/mol. The molecule has 0 saturated carbocycles. The van der Waals surface area contributed by atoms with Gasteiger partial charge >= 0.3 is 0 Å². The molecular weight excluding hydrogens is 410 g/mol. The van der Waals surface area contributed by atoms with E-state index < -0.39 is 0 Å². The lowest BCUT2D eigenvalue weighted by Crippen LogP contribution is -2.13. The summed E-state index contributed by atoms with van der Waals surface area (Å²) in [4.78, 5) is 25.4. The minimum Gasteiger partial charge on any atom is -0.322 e. The Balaban J connectivity index is 1.55. The number of nitrogens with zero attached hydrogens (tertiary/aromatic N) is 1. The van der Waals surface area contributed by atoms with Gasteiger partial charge < -0.3 is 5.32 Å². The lowest BCUT2D eigenvalue weighted by atomic mass is 10.0. The number of allylic oxidation sites excluding steroid dienone is 1. The number of aromatic amines is 1. The zero-order chi connectivity index (χ0) is 23.2. The number of benzene rings is 3. The van der Waals surface area contributed by atoms with Crippen LogP contribution in [0.5, 0.6) is 0 Å². The van der Waals surface area contributed by atoms with E-state index in [0.29, 0.717) is 22.4 Å². The van der Waals surface area contributed by atoms with Gasteiger partial charge in [-0.3, -0.25) is 14.7 Å². The van der Waals surface area contributed by atoms with Crippen LogP contribution >= 0.6 is 0 Å². The van der Waals surface area contributed by atoms with Crippen LogP contribution in [0.2, 0.25) is 0 Å². The summed E-state index contributed by atoms with van der Waals surface area (Å²) in [5.41, 5.74) is 4.99. The SMILES string of the molecule is CC/C=C(\C)C(=O)Nc1cccc(C(=O)c2ccc3c(/C=C/c4ccccc4)n[nH]c3c2)c1. The summed E-state index contributed by atoms with van der Waals surface area (Å²) in [6.45, 7) is 3.76. The molecule has 0 spiro atoms. The smallest absolute Gasteiger partial charge is 0.250 e. The van der Waals surface area contributed by atoms with Crippen molar-refractivity contribution in [1.29, 1.82) is 0 Å². The Morgan fingerprint density at radius 3 is 2.52 bits per heavy atom. The fourth-order valence-electron chi connectivity index (χ4n) is 3.58. The van der Waals surface area contributed by atoms with Gasteiger partial charge in [-0.2, -0.15) is 5.10 Å². The molecule has 0 aliphatic rings. The van der Waals surface area contributed by atoms with Gasteiger partial charge in [0.1, 0.15) is 0 Å². The first kappa shape index (κ1) is 22.0. The Morgan fingerprint density at radius 2 is 1.73 bits per heavy atom. The van der Waals surface area contributed by atoms with E-state index in [1.54, 1.807) is 37.3 Å². The molecule has 0 radical (unpaired) electrons. The van der Waals surface area contributed by atoms with Crippen molar-refractivity contribution in [1.82, 2.24) is 10.2 Å². The number of fused-ring (bicyclic) bond motifs is 1. The lowest BCUT2D eigenvalue weighted by Gasteiger charge is -2.08. The minimum absolute atomic E-state index is 0.121. The number of rotatable bonds is 7. The average molecular weight is 436 g/mol. The normalized spacial score (nSPS) is 11.8. The standard InChI is InChI=1S/C28H25N3O2/c1-3-8-19(2)28(33)29-23-12-7-11-21(17-23)27(32)22-14-15-24-25(30-31-26(24)18-22)16-13-20-9-5-4-6-10-20/h4-18H,3H2,1-2H3,(H,29,33)(H,30,31)/b16-13+,19-8+. The fraction of sp³-hybridized carbons (Fsp3) is 0.107. The van der Waals surface area contributed by atoms with Crippen molar-refractivity contribution in [3.05, 3.63) is 107 Å². The van der Waals surface area contributed by atoms with Crippen molar-refractivity contribution in [3.63, 3.8) is 0 Å². The molecule has 0 unspecified atom stereocenters. The first-order chi connectivity index (χ1) is 16.0. The molecule has 2 N–H and O–H groups in total.